The van der Waals surface area contributed by atoms with E-state index in [0.29, 0.717) is 42.2 Å². The third-order valence-electron chi connectivity index (χ3n) is 3.92. The van der Waals surface area contributed by atoms with Gasteiger partial charge in [0.15, 0.2) is 0 Å². The first-order valence-electron chi connectivity index (χ1n) is 6.15. The van der Waals surface area contributed by atoms with Crippen molar-refractivity contribution in [1.82, 2.24) is 0 Å². The average molecular weight is 208 g/mol. The molecule has 0 N–H and O–H groups in total. The van der Waals surface area contributed by atoms with Gasteiger partial charge in [0.1, 0.15) is 11.6 Å². The van der Waals surface area contributed by atoms with Crippen molar-refractivity contribution in [3.05, 3.63) is 0 Å². The van der Waals surface area contributed by atoms with E-state index in [1.807, 2.05) is 0 Å². The Hall–Kier alpha value is -0.660. The first kappa shape index (κ1) is 10.8. The molecule has 0 aromatic rings. The zero-order valence-electron chi connectivity index (χ0n) is 9.66. The molecular formula is C13H20O2. The van der Waals surface area contributed by atoms with E-state index in [9.17, 15) is 9.59 Å². The fourth-order valence-corrected chi connectivity index (χ4v) is 2.81. The summed E-state index contributed by atoms with van der Waals surface area (Å²) in [6, 6.07) is 0. The summed E-state index contributed by atoms with van der Waals surface area (Å²) in [5.41, 5.74) is 0. The van der Waals surface area contributed by atoms with Gasteiger partial charge in [-0.25, -0.2) is 0 Å². The van der Waals surface area contributed by atoms with Gasteiger partial charge < -0.3 is 0 Å². The molecule has 15 heavy (non-hydrogen) atoms. The molecule has 2 heteroatoms. The van der Waals surface area contributed by atoms with E-state index >= 15 is 0 Å². The van der Waals surface area contributed by atoms with Crippen molar-refractivity contribution in [2.45, 2.75) is 46.0 Å². The van der Waals surface area contributed by atoms with Crippen LogP contribution in [0.1, 0.15) is 46.0 Å². The third kappa shape index (κ3) is 2.30. The number of rotatable bonds is 3. The van der Waals surface area contributed by atoms with Crippen LogP contribution in [0, 0.1) is 23.7 Å². The van der Waals surface area contributed by atoms with Crippen LogP contribution in [0.2, 0.25) is 0 Å². The largest absolute Gasteiger partial charge is 0.300 e. The Morgan fingerprint density at radius 2 is 1.93 bits per heavy atom. The van der Waals surface area contributed by atoms with Crippen LogP contribution in [0.15, 0.2) is 0 Å². The van der Waals surface area contributed by atoms with Crippen LogP contribution in [0.25, 0.3) is 0 Å². The smallest absolute Gasteiger partial charge is 0.139 e. The molecule has 2 unspecified atom stereocenters. The molecule has 2 saturated carbocycles. The first-order chi connectivity index (χ1) is 7.09. The molecule has 2 fully saturated rings. The maximum atomic E-state index is 12.1. The van der Waals surface area contributed by atoms with Crippen LogP contribution in [0.3, 0.4) is 0 Å². The Morgan fingerprint density at radius 3 is 2.47 bits per heavy atom. The monoisotopic (exact) mass is 208 g/mol. The van der Waals surface area contributed by atoms with Crippen LogP contribution in [0.4, 0.5) is 0 Å². The van der Waals surface area contributed by atoms with Crippen molar-refractivity contribution in [1.29, 1.82) is 0 Å². The first-order valence-corrected chi connectivity index (χ1v) is 6.15. The average Bonchev–Trinajstić information content (AvgIpc) is 2.99. The number of hydrogen-bond donors (Lipinski definition) is 0. The molecule has 0 spiro atoms. The molecule has 2 nitrogen and oxygen atoms in total. The van der Waals surface area contributed by atoms with Gasteiger partial charge in [0.2, 0.25) is 0 Å². The van der Waals surface area contributed by atoms with Gasteiger partial charge in [-0.05, 0) is 31.1 Å². The van der Waals surface area contributed by atoms with Crippen LogP contribution < -0.4 is 0 Å². The van der Waals surface area contributed by atoms with Crippen molar-refractivity contribution in [3.63, 3.8) is 0 Å². The van der Waals surface area contributed by atoms with Crippen molar-refractivity contribution < 1.29 is 9.59 Å². The summed E-state index contributed by atoms with van der Waals surface area (Å²) in [7, 11) is 0. The number of carbonyl (C=O) groups excluding carboxylic acids is 2. The van der Waals surface area contributed by atoms with Gasteiger partial charge >= 0.3 is 0 Å². The van der Waals surface area contributed by atoms with E-state index in [2.05, 4.69) is 13.8 Å². The molecule has 84 valence electrons. The maximum Gasteiger partial charge on any atom is 0.139 e. The Bertz CT molecular complexity index is 276. The highest BCUT2D eigenvalue weighted by molar-refractivity contribution is 5.91. The molecule has 2 atom stereocenters. The van der Waals surface area contributed by atoms with Gasteiger partial charge in [-0.3, -0.25) is 9.59 Å². The molecule has 0 heterocycles. The van der Waals surface area contributed by atoms with E-state index in [1.165, 1.54) is 0 Å². The molecule has 0 bridgehead atoms. The zero-order valence-corrected chi connectivity index (χ0v) is 9.66. The second-order valence-electron chi connectivity index (χ2n) is 5.47. The quantitative estimate of drug-likeness (QED) is 0.714. The summed E-state index contributed by atoms with van der Waals surface area (Å²) in [5.74, 6) is 2.04. The molecule has 0 radical (unpaired) electrons. The lowest BCUT2D eigenvalue weighted by atomic mass is 9.70. The lowest BCUT2D eigenvalue weighted by Crippen LogP contribution is -2.34. The van der Waals surface area contributed by atoms with Gasteiger partial charge in [-0.1, -0.05) is 13.8 Å². The molecule has 0 saturated heterocycles. The molecule has 2 aliphatic rings. The predicted octanol–water partition coefficient (Wildman–Crippen LogP) is 2.61. The number of hydrogen-bond acceptors (Lipinski definition) is 2. The summed E-state index contributed by atoms with van der Waals surface area (Å²) in [4.78, 5) is 23.5. The van der Waals surface area contributed by atoms with E-state index in [0.717, 1.165) is 19.3 Å². The van der Waals surface area contributed by atoms with Crippen molar-refractivity contribution >= 4 is 11.6 Å². The third-order valence-corrected chi connectivity index (χ3v) is 3.92. The number of ketones is 2. The molecule has 2 aliphatic carbocycles. The fourth-order valence-electron chi connectivity index (χ4n) is 2.81. The second-order valence-corrected chi connectivity index (χ2v) is 5.47. The van der Waals surface area contributed by atoms with Crippen molar-refractivity contribution in [2.24, 2.45) is 23.7 Å². The predicted molar refractivity (Wildman–Crippen MR) is 58.4 cm³/mol. The molecule has 0 amide bonds. The topological polar surface area (TPSA) is 34.1 Å². The molecule has 0 aromatic heterocycles. The summed E-state index contributed by atoms with van der Waals surface area (Å²) < 4.78 is 0. The summed E-state index contributed by atoms with van der Waals surface area (Å²) in [6.45, 7) is 4.35. The maximum absolute atomic E-state index is 12.1. The summed E-state index contributed by atoms with van der Waals surface area (Å²) >= 11 is 0. The summed E-state index contributed by atoms with van der Waals surface area (Å²) in [5, 5.41) is 0. The second kappa shape index (κ2) is 4.07. The van der Waals surface area contributed by atoms with Gasteiger partial charge in [-0.2, -0.15) is 0 Å². The highest BCUT2D eigenvalue weighted by Gasteiger charge is 2.41. The molecule has 0 aromatic carbocycles. The van der Waals surface area contributed by atoms with Gasteiger partial charge in [0.05, 0.1) is 0 Å². The van der Waals surface area contributed by atoms with Crippen molar-refractivity contribution in [3.8, 4) is 0 Å². The Morgan fingerprint density at radius 1 is 1.27 bits per heavy atom. The number of carbonyl (C=O) groups is 2. The van der Waals surface area contributed by atoms with E-state index in [-0.39, 0.29) is 5.92 Å². The van der Waals surface area contributed by atoms with Gasteiger partial charge in [0.25, 0.3) is 0 Å². The summed E-state index contributed by atoms with van der Waals surface area (Å²) in [6.07, 6.45) is 4.28. The minimum Gasteiger partial charge on any atom is -0.300 e. The standard InChI is InChI=1S/C13H20O2/c1-8(2)11-6-5-10(14)7-12(11)13(15)9-3-4-9/h8-9,11-12H,3-7H2,1-2H3. The Balaban J connectivity index is 2.08. The molecular weight excluding hydrogens is 188 g/mol. The lowest BCUT2D eigenvalue weighted by molar-refractivity contribution is -0.134. The van der Waals surface area contributed by atoms with E-state index < -0.39 is 0 Å². The minimum atomic E-state index is 0.0544. The minimum absolute atomic E-state index is 0.0544. The zero-order chi connectivity index (χ0) is 11.0. The van der Waals surface area contributed by atoms with E-state index in [4.69, 9.17) is 0 Å². The van der Waals surface area contributed by atoms with Crippen LogP contribution >= 0.6 is 0 Å². The van der Waals surface area contributed by atoms with Crippen LogP contribution in [-0.2, 0) is 9.59 Å². The number of Topliss-reactive ketones (excluding diaryl/α,β-unsaturated/α-hetero) is 2. The van der Waals surface area contributed by atoms with Gasteiger partial charge in [0, 0.05) is 24.7 Å². The highest BCUT2D eigenvalue weighted by atomic mass is 16.1. The fraction of sp³-hybridized carbons (Fsp3) is 0.846. The van der Waals surface area contributed by atoms with E-state index in [1.54, 1.807) is 0 Å². The lowest BCUT2D eigenvalue weighted by Gasteiger charge is -2.32. The Labute approximate surface area is 91.4 Å². The normalized spacial score (nSPS) is 32.1. The van der Waals surface area contributed by atoms with Crippen LogP contribution in [0.5, 0.6) is 0 Å². The SMILES string of the molecule is CC(C)C1CCC(=O)CC1C(=O)C1CC1. The molecule has 0 aliphatic heterocycles. The highest BCUT2D eigenvalue weighted by Crippen LogP contribution is 2.41. The van der Waals surface area contributed by atoms with Crippen molar-refractivity contribution in [2.75, 3.05) is 0 Å². The Kier molecular flexibility index (Phi) is 2.94. The molecule has 2 rings (SSSR count). The van der Waals surface area contributed by atoms with Gasteiger partial charge in [-0.15, -0.1) is 0 Å². The van der Waals surface area contributed by atoms with Crippen LogP contribution in [-0.4, -0.2) is 11.6 Å².